The molecule has 0 saturated carbocycles. The van der Waals surface area contributed by atoms with Crippen molar-refractivity contribution < 1.29 is 4.74 Å². The molecule has 1 aliphatic rings. The van der Waals surface area contributed by atoms with Crippen LogP contribution in [0.4, 0.5) is 5.95 Å². The van der Waals surface area contributed by atoms with Crippen LogP contribution >= 0.6 is 23.2 Å². The first-order valence-electron chi connectivity index (χ1n) is 9.04. The van der Waals surface area contributed by atoms with Gasteiger partial charge in [0.2, 0.25) is 5.95 Å². The van der Waals surface area contributed by atoms with E-state index in [0.29, 0.717) is 23.3 Å². The molecule has 0 atom stereocenters. The molecule has 0 radical (unpaired) electrons. The molecule has 1 aromatic carbocycles. The smallest absolute Gasteiger partial charge is 0.231 e. The molecule has 8 heteroatoms. The van der Waals surface area contributed by atoms with Crippen LogP contribution in [0.15, 0.2) is 30.5 Å². The van der Waals surface area contributed by atoms with Crippen LogP contribution in [-0.2, 0) is 11.3 Å². The van der Waals surface area contributed by atoms with Gasteiger partial charge in [0, 0.05) is 47.0 Å². The Morgan fingerprint density at radius 2 is 1.93 bits per heavy atom. The summed E-state index contributed by atoms with van der Waals surface area (Å²) < 4.78 is 7.48. The zero-order valence-electron chi connectivity index (χ0n) is 15.1. The Balaban J connectivity index is 1.85. The molecule has 2 aromatic heterocycles. The van der Waals surface area contributed by atoms with Gasteiger partial charge in [0.05, 0.1) is 13.2 Å². The molecule has 0 amide bonds. The fraction of sp³-hybridized carbons (Fsp3) is 0.368. The van der Waals surface area contributed by atoms with Crippen molar-refractivity contribution in [3.63, 3.8) is 0 Å². The molecule has 0 aliphatic carbocycles. The maximum absolute atomic E-state index is 6.51. The summed E-state index contributed by atoms with van der Waals surface area (Å²) in [7, 11) is 0. The van der Waals surface area contributed by atoms with Crippen LogP contribution in [0.2, 0.25) is 10.0 Å². The number of nitrogens with one attached hydrogen (secondary N) is 1. The second-order valence-electron chi connectivity index (χ2n) is 6.44. The van der Waals surface area contributed by atoms with Gasteiger partial charge in [-0.25, -0.2) is 0 Å². The van der Waals surface area contributed by atoms with Crippen LogP contribution in [0.3, 0.4) is 0 Å². The maximum atomic E-state index is 6.51. The van der Waals surface area contributed by atoms with E-state index in [1.165, 1.54) is 0 Å². The third-order valence-corrected chi connectivity index (χ3v) is 5.24. The van der Waals surface area contributed by atoms with Gasteiger partial charge >= 0.3 is 0 Å². The first kappa shape index (κ1) is 18.5. The summed E-state index contributed by atoms with van der Waals surface area (Å²) >= 11 is 12.6. The number of nitrogens with zero attached hydrogens (tertiary/aromatic N) is 4. The molecule has 142 valence electrons. The average Bonchev–Trinajstić information content (AvgIpc) is 3.09. The number of benzene rings is 1. The number of anilines is 1. The van der Waals surface area contributed by atoms with E-state index in [2.05, 4.69) is 39.6 Å². The molecule has 4 rings (SSSR count). The van der Waals surface area contributed by atoms with Gasteiger partial charge in [0.25, 0.3) is 0 Å². The van der Waals surface area contributed by atoms with Crippen molar-refractivity contribution in [1.82, 2.24) is 19.9 Å². The molecule has 6 nitrogen and oxygen atoms in total. The zero-order valence-corrected chi connectivity index (χ0v) is 16.6. The summed E-state index contributed by atoms with van der Waals surface area (Å²) in [4.78, 5) is 2.20. The molecular weight excluding hydrogens is 385 g/mol. The molecule has 3 aromatic rings. The van der Waals surface area contributed by atoms with Crippen LogP contribution in [0.1, 0.15) is 12.5 Å². The van der Waals surface area contributed by atoms with Gasteiger partial charge < -0.3 is 15.0 Å². The summed E-state index contributed by atoms with van der Waals surface area (Å²) in [6.07, 6.45) is 2.07. The normalized spacial score (nSPS) is 14.9. The van der Waals surface area contributed by atoms with Crippen molar-refractivity contribution >= 4 is 34.8 Å². The molecule has 1 aliphatic heterocycles. The highest BCUT2D eigenvalue weighted by Gasteiger charge is 2.19. The number of aromatic nitrogens is 3. The number of halogens is 2. The lowest BCUT2D eigenvalue weighted by molar-refractivity contribution is 0.122. The Kier molecular flexibility index (Phi) is 5.50. The number of rotatable bonds is 5. The van der Waals surface area contributed by atoms with Crippen LogP contribution in [0.5, 0.6) is 0 Å². The lowest BCUT2D eigenvalue weighted by Gasteiger charge is -2.26. The average molecular weight is 406 g/mol. The summed E-state index contributed by atoms with van der Waals surface area (Å²) in [5.74, 6) is 0.828. The van der Waals surface area contributed by atoms with Gasteiger partial charge in [-0.2, -0.15) is 0 Å². The minimum absolute atomic E-state index is 0.622. The molecule has 1 N–H and O–H groups in total. The lowest BCUT2D eigenvalue weighted by Crippen LogP contribution is -2.37. The molecule has 27 heavy (non-hydrogen) atoms. The van der Waals surface area contributed by atoms with Gasteiger partial charge in [-0.3, -0.25) is 4.40 Å². The summed E-state index contributed by atoms with van der Waals surface area (Å²) in [6.45, 7) is 6.69. The number of morpholine rings is 1. The summed E-state index contributed by atoms with van der Waals surface area (Å²) in [6, 6.07) is 7.66. The summed E-state index contributed by atoms with van der Waals surface area (Å²) in [5, 5.41) is 13.4. The van der Waals surface area contributed by atoms with Crippen LogP contribution < -0.4 is 10.2 Å². The van der Waals surface area contributed by atoms with Gasteiger partial charge in [0.15, 0.2) is 5.65 Å². The Morgan fingerprint density at radius 3 is 2.67 bits per heavy atom. The SMILES string of the molecule is CCNCc1cc2nnc(N3CCOCC3)n2cc1-c1ccc(Cl)cc1Cl. The van der Waals surface area contributed by atoms with E-state index in [4.69, 9.17) is 27.9 Å². The second-order valence-corrected chi connectivity index (χ2v) is 7.29. The zero-order chi connectivity index (χ0) is 18.8. The van der Waals surface area contributed by atoms with Gasteiger partial charge in [0.1, 0.15) is 0 Å². The Bertz CT molecular complexity index is 953. The van der Waals surface area contributed by atoms with Gasteiger partial charge in [-0.05, 0) is 30.3 Å². The third kappa shape index (κ3) is 3.75. The highest BCUT2D eigenvalue weighted by molar-refractivity contribution is 6.36. The number of hydrogen-bond acceptors (Lipinski definition) is 5. The Hall–Kier alpha value is -1.86. The van der Waals surface area contributed by atoms with Crippen LogP contribution in [0.25, 0.3) is 16.8 Å². The van der Waals surface area contributed by atoms with Crippen molar-refractivity contribution in [3.05, 3.63) is 46.1 Å². The number of pyridine rings is 1. The van der Waals surface area contributed by atoms with E-state index in [1.807, 2.05) is 16.5 Å². The minimum Gasteiger partial charge on any atom is -0.378 e. The van der Waals surface area contributed by atoms with Gasteiger partial charge in [-0.1, -0.05) is 36.2 Å². The Morgan fingerprint density at radius 1 is 1.11 bits per heavy atom. The molecule has 1 saturated heterocycles. The fourth-order valence-corrected chi connectivity index (χ4v) is 3.81. The number of ether oxygens (including phenoxy) is 1. The molecule has 0 spiro atoms. The predicted molar refractivity (Wildman–Crippen MR) is 109 cm³/mol. The minimum atomic E-state index is 0.622. The van der Waals surface area contributed by atoms with Gasteiger partial charge in [-0.15, -0.1) is 10.2 Å². The van der Waals surface area contributed by atoms with Crippen molar-refractivity contribution in [2.45, 2.75) is 13.5 Å². The predicted octanol–water partition coefficient (Wildman–Crippen LogP) is 3.65. The second kappa shape index (κ2) is 8.02. The third-order valence-electron chi connectivity index (χ3n) is 4.69. The van der Waals surface area contributed by atoms with Crippen LogP contribution in [0, 0.1) is 0 Å². The van der Waals surface area contributed by atoms with E-state index < -0.39 is 0 Å². The van der Waals surface area contributed by atoms with E-state index in [-0.39, 0.29) is 0 Å². The summed E-state index contributed by atoms with van der Waals surface area (Å²) in [5.41, 5.74) is 3.92. The lowest BCUT2D eigenvalue weighted by atomic mass is 10.0. The molecule has 1 fully saturated rings. The maximum Gasteiger partial charge on any atom is 0.231 e. The van der Waals surface area contributed by atoms with Crippen molar-refractivity contribution in [1.29, 1.82) is 0 Å². The molecule has 0 bridgehead atoms. The standard InChI is InChI=1S/C19H21Cl2N5O/c1-2-22-11-13-9-18-23-24-19(25-5-7-27-8-6-25)26(18)12-16(13)15-4-3-14(20)10-17(15)21/h3-4,9-10,12,22H,2,5-8,11H2,1H3. The van der Waals surface area contributed by atoms with Crippen molar-refractivity contribution in [2.24, 2.45) is 0 Å². The molecular formula is C19H21Cl2N5O. The van der Waals surface area contributed by atoms with E-state index in [1.54, 1.807) is 6.07 Å². The number of fused-ring (bicyclic) bond motifs is 1. The first-order chi connectivity index (χ1) is 13.2. The van der Waals surface area contributed by atoms with Crippen LogP contribution in [-0.4, -0.2) is 47.4 Å². The van der Waals surface area contributed by atoms with E-state index in [9.17, 15) is 0 Å². The van der Waals surface area contributed by atoms with E-state index in [0.717, 1.165) is 54.5 Å². The highest BCUT2D eigenvalue weighted by Crippen LogP contribution is 2.34. The number of hydrogen-bond donors (Lipinski definition) is 1. The quantitative estimate of drug-likeness (QED) is 0.701. The van der Waals surface area contributed by atoms with Crippen molar-refractivity contribution in [3.8, 4) is 11.1 Å². The monoisotopic (exact) mass is 405 g/mol. The highest BCUT2D eigenvalue weighted by atomic mass is 35.5. The van der Waals surface area contributed by atoms with Crippen molar-refractivity contribution in [2.75, 3.05) is 37.7 Å². The topological polar surface area (TPSA) is 54.7 Å². The Labute approximate surface area is 168 Å². The molecule has 3 heterocycles. The first-order valence-corrected chi connectivity index (χ1v) is 9.79. The fourth-order valence-electron chi connectivity index (χ4n) is 3.30. The largest absolute Gasteiger partial charge is 0.378 e. The molecule has 0 unspecified atom stereocenters. The van der Waals surface area contributed by atoms with E-state index >= 15 is 0 Å².